The largest absolute Gasteiger partial charge is 0.423 e. The van der Waals surface area contributed by atoms with E-state index in [1.807, 2.05) is 22.7 Å². The van der Waals surface area contributed by atoms with Gasteiger partial charge in [0, 0.05) is 41.9 Å². The highest BCUT2D eigenvalue weighted by Gasteiger charge is 2.33. The zero-order valence-corrected chi connectivity index (χ0v) is 14.4. The molecule has 2 N–H and O–H groups in total. The van der Waals surface area contributed by atoms with E-state index in [4.69, 9.17) is 10.2 Å². The number of rotatable bonds is 2. The topological polar surface area (TPSA) is 82.2 Å². The molecule has 0 amide bonds. The smallest absolute Gasteiger partial charge is 0.247 e. The molecule has 0 aliphatic heterocycles. The Morgan fingerprint density at radius 3 is 2.68 bits per heavy atom. The van der Waals surface area contributed by atoms with Crippen LogP contribution in [0.3, 0.4) is 0 Å². The number of hydrogen-bond acceptors (Lipinski definition) is 5. The van der Waals surface area contributed by atoms with Crippen LogP contribution in [0.4, 0.5) is 13.2 Å². The molecule has 0 spiro atoms. The van der Waals surface area contributed by atoms with Gasteiger partial charge < -0.3 is 14.6 Å². The lowest BCUT2D eigenvalue weighted by atomic mass is 9.80. The van der Waals surface area contributed by atoms with Crippen molar-refractivity contribution in [2.24, 2.45) is 5.73 Å². The normalized spacial score (nSPS) is 19.1. The number of pyridine rings is 1. The van der Waals surface area contributed by atoms with E-state index < -0.39 is 29.4 Å². The Hall–Kier alpha value is -3.20. The van der Waals surface area contributed by atoms with Gasteiger partial charge in [-0.15, -0.1) is 10.2 Å². The zero-order valence-electron chi connectivity index (χ0n) is 14.4. The van der Waals surface area contributed by atoms with Gasteiger partial charge in [-0.2, -0.15) is 0 Å². The molecule has 5 rings (SSSR count). The maximum absolute atomic E-state index is 14.3. The Labute approximate surface area is 156 Å². The third-order valence-electron chi connectivity index (χ3n) is 5.21. The molecule has 1 aliphatic rings. The fourth-order valence-electron chi connectivity index (χ4n) is 3.84. The number of nitrogens with zero attached hydrogens (tertiary/aromatic N) is 4. The van der Waals surface area contributed by atoms with Crippen LogP contribution >= 0.6 is 0 Å². The number of nitrogens with two attached hydrogens (primary N) is 1. The van der Waals surface area contributed by atoms with E-state index >= 15 is 0 Å². The minimum Gasteiger partial charge on any atom is -0.423 e. The van der Waals surface area contributed by atoms with Crippen molar-refractivity contribution in [2.45, 2.75) is 24.8 Å². The lowest BCUT2D eigenvalue weighted by molar-refractivity contribution is 0.446. The molecule has 0 saturated carbocycles. The third kappa shape index (κ3) is 2.58. The van der Waals surface area contributed by atoms with E-state index in [9.17, 15) is 13.2 Å². The van der Waals surface area contributed by atoms with E-state index in [0.29, 0.717) is 30.4 Å². The predicted octanol–water partition coefficient (Wildman–Crippen LogP) is 3.01. The minimum absolute atomic E-state index is 0.0701. The Kier molecular flexibility index (Phi) is 3.73. The van der Waals surface area contributed by atoms with Crippen molar-refractivity contribution >= 4 is 5.65 Å². The molecule has 6 nitrogen and oxygen atoms in total. The number of hydrogen-bond donors (Lipinski definition) is 1. The quantitative estimate of drug-likeness (QED) is 0.537. The van der Waals surface area contributed by atoms with E-state index in [2.05, 4.69) is 15.2 Å². The Morgan fingerprint density at radius 2 is 1.89 bits per heavy atom. The average Bonchev–Trinajstić information content (AvgIpc) is 3.31. The summed E-state index contributed by atoms with van der Waals surface area (Å²) in [4.78, 5) is 4.63. The molecule has 0 saturated heterocycles. The molecule has 3 aromatic heterocycles. The number of halogens is 3. The maximum atomic E-state index is 14.3. The van der Waals surface area contributed by atoms with Crippen LogP contribution in [0.15, 0.2) is 41.3 Å². The van der Waals surface area contributed by atoms with Gasteiger partial charge in [0.05, 0.1) is 5.69 Å². The summed E-state index contributed by atoms with van der Waals surface area (Å²) in [6, 6.07) is 4.64. The fourth-order valence-corrected chi connectivity index (χ4v) is 3.84. The van der Waals surface area contributed by atoms with Crippen LogP contribution < -0.4 is 5.73 Å². The number of fused-ring (bicyclic) bond motifs is 3. The molecule has 3 heterocycles. The highest BCUT2D eigenvalue weighted by molar-refractivity contribution is 5.60. The second-order valence-corrected chi connectivity index (χ2v) is 6.86. The van der Waals surface area contributed by atoms with E-state index in [1.165, 1.54) is 6.39 Å². The Morgan fingerprint density at radius 1 is 1.07 bits per heavy atom. The standard InChI is InChI=1S/C19H14F3N5O/c20-12-6-14(22)13(21)4-10(12)11-5-16-17(7-15(11)23)27-2-1-9(3-18(27)25-16)19-26-24-8-28-19/h1-4,6,8,11,15H,5,7,23H2. The Bertz CT molecular complexity index is 1190. The van der Waals surface area contributed by atoms with Crippen molar-refractivity contribution in [2.75, 3.05) is 0 Å². The summed E-state index contributed by atoms with van der Waals surface area (Å²) in [7, 11) is 0. The molecule has 1 aromatic carbocycles. The van der Waals surface area contributed by atoms with Gasteiger partial charge in [0.25, 0.3) is 0 Å². The van der Waals surface area contributed by atoms with E-state index in [1.54, 1.807) is 0 Å². The maximum Gasteiger partial charge on any atom is 0.247 e. The van der Waals surface area contributed by atoms with Gasteiger partial charge in [-0.25, -0.2) is 18.2 Å². The monoisotopic (exact) mass is 385 g/mol. The number of aromatic nitrogens is 4. The molecule has 2 atom stereocenters. The summed E-state index contributed by atoms with van der Waals surface area (Å²) in [5.74, 6) is -3.23. The van der Waals surface area contributed by atoms with Crippen molar-refractivity contribution in [1.29, 1.82) is 0 Å². The molecule has 28 heavy (non-hydrogen) atoms. The average molecular weight is 385 g/mol. The molecule has 142 valence electrons. The summed E-state index contributed by atoms with van der Waals surface area (Å²) >= 11 is 0. The van der Waals surface area contributed by atoms with Gasteiger partial charge in [-0.3, -0.25) is 0 Å². The molecular weight excluding hydrogens is 371 g/mol. The second kappa shape index (κ2) is 6.16. The van der Waals surface area contributed by atoms with Crippen LogP contribution in [-0.2, 0) is 12.8 Å². The van der Waals surface area contributed by atoms with Crippen LogP contribution in [0.25, 0.3) is 17.1 Å². The van der Waals surface area contributed by atoms with Crippen LogP contribution in [0.5, 0.6) is 0 Å². The zero-order chi connectivity index (χ0) is 19.4. The van der Waals surface area contributed by atoms with Gasteiger partial charge in [-0.1, -0.05) is 0 Å². The molecule has 0 radical (unpaired) electrons. The molecule has 0 fully saturated rings. The van der Waals surface area contributed by atoms with Crippen LogP contribution in [0, 0.1) is 17.5 Å². The summed E-state index contributed by atoms with van der Waals surface area (Å²) < 4.78 is 48.3. The van der Waals surface area contributed by atoms with Crippen molar-refractivity contribution < 1.29 is 17.6 Å². The number of benzene rings is 1. The van der Waals surface area contributed by atoms with E-state index in [-0.39, 0.29) is 5.56 Å². The molecule has 9 heteroatoms. The first-order chi connectivity index (χ1) is 13.5. The van der Waals surface area contributed by atoms with Gasteiger partial charge in [0.1, 0.15) is 11.5 Å². The van der Waals surface area contributed by atoms with Gasteiger partial charge in [0.15, 0.2) is 11.6 Å². The predicted molar refractivity (Wildman–Crippen MR) is 92.9 cm³/mol. The first kappa shape index (κ1) is 16.9. The van der Waals surface area contributed by atoms with Crippen molar-refractivity contribution in [3.63, 3.8) is 0 Å². The van der Waals surface area contributed by atoms with Gasteiger partial charge >= 0.3 is 0 Å². The lowest BCUT2D eigenvalue weighted by Crippen LogP contribution is -2.37. The molecule has 0 bridgehead atoms. The minimum atomic E-state index is -1.22. The first-order valence-corrected chi connectivity index (χ1v) is 8.67. The summed E-state index contributed by atoms with van der Waals surface area (Å²) in [5.41, 5.74) is 9.41. The molecular formula is C19H14F3N5O. The molecule has 4 aromatic rings. The summed E-state index contributed by atoms with van der Waals surface area (Å²) in [5, 5.41) is 7.55. The van der Waals surface area contributed by atoms with Crippen LogP contribution in [-0.4, -0.2) is 25.6 Å². The number of imidazole rings is 1. The first-order valence-electron chi connectivity index (χ1n) is 8.67. The highest BCUT2D eigenvalue weighted by Crippen LogP contribution is 2.35. The van der Waals surface area contributed by atoms with Crippen molar-refractivity contribution in [3.05, 3.63) is 71.3 Å². The van der Waals surface area contributed by atoms with Crippen LogP contribution in [0.2, 0.25) is 0 Å². The summed E-state index contributed by atoms with van der Waals surface area (Å²) in [6.07, 6.45) is 3.84. The third-order valence-corrected chi connectivity index (χ3v) is 5.21. The van der Waals surface area contributed by atoms with Gasteiger partial charge in [-0.05, 0) is 30.2 Å². The highest BCUT2D eigenvalue weighted by atomic mass is 19.2. The lowest BCUT2D eigenvalue weighted by Gasteiger charge is -2.29. The molecule has 1 aliphatic carbocycles. The summed E-state index contributed by atoms with van der Waals surface area (Å²) in [6.45, 7) is 0. The van der Waals surface area contributed by atoms with Crippen LogP contribution in [0.1, 0.15) is 22.9 Å². The fraction of sp³-hybridized carbons (Fsp3) is 0.211. The molecule has 2 unspecified atom stereocenters. The Balaban J connectivity index is 1.56. The SMILES string of the molecule is NC1Cc2c(nc3cc(-c4nnco4)ccn23)CC1c1cc(F)c(F)cc1F. The van der Waals surface area contributed by atoms with Crippen molar-refractivity contribution in [3.8, 4) is 11.5 Å². The van der Waals surface area contributed by atoms with E-state index in [0.717, 1.165) is 23.0 Å². The van der Waals surface area contributed by atoms with Crippen molar-refractivity contribution in [1.82, 2.24) is 19.6 Å². The van der Waals surface area contributed by atoms with Gasteiger partial charge in [0.2, 0.25) is 12.3 Å². The second-order valence-electron chi connectivity index (χ2n) is 6.86.